The van der Waals surface area contributed by atoms with Crippen molar-refractivity contribution in [3.63, 3.8) is 0 Å². The van der Waals surface area contributed by atoms with Crippen LogP contribution in [0.3, 0.4) is 0 Å². The van der Waals surface area contributed by atoms with Crippen molar-refractivity contribution < 1.29 is 14.3 Å². The van der Waals surface area contributed by atoms with Gasteiger partial charge >= 0.3 is 0 Å². The van der Waals surface area contributed by atoms with Crippen molar-refractivity contribution in [3.8, 4) is 17.6 Å². The summed E-state index contributed by atoms with van der Waals surface area (Å²) in [6, 6.07) is 12.9. The number of ether oxygens (including phenoxy) is 2. The van der Waals surface area contributed by atoms with Crippen molar-refractivity contribution in [2.75, 3.05) is 13.2 Å². The van der Waals surface area contributed by atoms with Crippen LogP contribution in [0.2, 0.25) is 5.02 Å². The summed E-state index contributed by atoms with van der Waals surface area (Å²) in [5.41, 5.74) is 1.77. The molecule has 1 amide bonds. The van der Waals surface area contributed by atoms with Crippen LogP contribution in [0.25, 0.3) is 0 Å². The Morgan fingerprint density at radius 2 is 1.91 bits per heavy atom. The molecule has 0 saturated carbocycles. The summed E-state index contributed by atoms with van der Waals surface area (Å²) in [4.78, 5) is 13.0. The first-order chi connectivity index (χ1) is 16.1. The van der Waals surface area contributed by atoms with Crippen LogP contribution in [-0.2, 0) is 4.74 Å². The van der Waals surface area contributed by atoms with Crippen LogP contribution in [-0.4, -0.2) is 36.2 Å². The zero-order valence-electron chi connectivity index (χ0n) is 20.2. The molecule has 0 aliphatic carbocycles. The smallest absolute Gasteiger partial charge is 0.251 e. The normalized spacial score (nSPS) is 21.6. The maximum atomic E-state index is 13.0. The molecule has 0 aromatic heterocycles. The highest BCUT2D eigenvalue weighted by molar-refractivity contribution is 6.32. The fourth-order valence-electron chi connectivity index (χ4n) is 5.41. The van der Waals surface area contributed by atoms with Gasteiger partial charge in [0.1, 0.15) is 17.6 Å². The fourth-order valence-corrected chi connectivity index (χ4v) is 5.63. The predicted octanol–water partition coefficient (Wildman–Crippen LogP) is 5.55. The molecular weight excluding hydrogens is 450 g/mol. The van der Waals surface area contributed by atoms with Crippen LogP contribution in [0.15, 0.2) is 36.4 Å². The van der Waals surface area contributed by atoms with Crippen LogP contribution < -0.4 is 15.4 Å². The lowest BCUT2D eigenvalue weighted by molar-refractivity contribution is 0.0873. The molecule has 1 unspecified atom stereocenters. The van der Waals surface area contributed by atoms with E-state index in [1.807, 2.05) is 12.1 Å². The molecule has 2 saturated heterocycles. The number of halogens is 1. The number of carbonyl (C=O) groups excluding carboxylic acids is 1. The van der Waals surface area contributed by atoms with E-state index < -0.39 is 0 Å². The van der Waals surface area contributed by atoms with E-state index in [9.17, 15) is 10.1 Å². The second-order valence-electron chi connectivity index (χ2n) is 10.6. The van der Waals surface area contributed by atoms with Gasteiger partial charge < -0.3 is 20.1 Å². The van der Waals surface area contributed by atoms with Gasteiger partial charge in [0.2, 0.25) is 0 Å². The number of nitrogens with one attached hydrogen (secondary N) is 2. The summed E-state index contributed by atoms with van der Waals surface area (Å²) < 4.78 is 11.5. The molecule has 2 aliphatic heterocycles. The van der Waals surface area contributed by atoms with Crippen molar-refractivity contribution in [1.29, 1.82) is 5.26 Å². The topological polar surface area (TPSA) is 83.4 Å². The van der Waals surface area contributed by atoms with Crippen molar-refractivity contribution in [2.24, 2.45) is 0 Å². The third kappa shape index (κ3) is 5.55. The minimum absolute atomic E-state index is 0.0628. The number of amides is 1. The Balaban J connectivity index is 1.49. The molecule has 0 bridgehead atoms. The zero-order chi connectivity index (χ0) is 24.5. The van der Waals surface area contributed by atoms with Crippen molar-refractivity contribution in [1.82, 2.24) is 10.6 Å². The van der Waals surface area contributed by atoms with Gasteiger partial charge in [-0.3, -0.25) is 4.79 Å². The number of benzene rings is 2. The molecule has 4 rings (SSSR count). The summed E-state index contributed by atoms with van der Waals surface area (Å²) in [5.74, 6) is 0.876. The Morgan fingerprint density at radius 3 is 2.53 bits per heavy atom. The van der Waals surface area contributed by atoms with Crippen LogP contribution >= 0.6 is 11.6 Å². The SMILES string of the molecule is CC1(C)CC(NC(=O)c2ccc(Oc3cccc(C4CCOC4)c3C#N)c(Cl)c2)CC(C)(C)N1. The van der Waals surface area contributed by atoms with Gasteiger partial charge in [-0.15, -0.1) is 0 Å². The summed E-state index contributed by atoms with van der Waals surface area (Å²) in [6.45, 7) is 9.91. The van der Waals surface area contributed by atoms with E-state index in [1.165, 1.54) is 0 Å². The molecule has 2 aromatic rings. The van der Waals surface area contributed by atoms with Crippen LogP contribution in [0.4, 0.5) is 0 Å². The van der Waals surface area contributed by atoms with Gasteiger partial charge in [0.05, 0.1) is 17.2 Å². The van der Waals surface area contributed by atoms with Gasteiger partial charge in [-0.05, 0) is 76.8 Å². The molecule has 0 spiro atoms. The lowest BCUT2D eigenvalue weighted by Gasteiger charge is -2.46. The number of hydrogen-bond acceptors (Lipinski definition) is 5. The molecule has 34 heavy (non-hydrogen) atoms. The molecule has 180 valence electrons. The number of rotatable bonds is 5. The summed E-state index contributed by atoms with van der Waals surface area (Å²) >= 11 is 6.50. The van der Waals surface area contributed by atoms with E-state index in [1.54, 1.807) is 24.3 Å². The Bertz CT molecular complexity index is 1100. The van der Waals surface area contributed by atoms with Crippen LogP contribution in [0.5, 0.6) is 11.5 Å². The summed E-state index contributed by atoms with van der Waals surface area (Å²) in [6.07, 6.45) is 2.57. The second-order valence-corrected chi connectivity index (χ2v) is 11.0. The zero-order valence-corrected chi connectivity index (χ0v) is 21.0. The average Bonchev–Trinajstić information content (AvgIpc) is 3.27. The largest absolute Gasteiger partial charge is 0.454 e. The maximum Gasteiger partial charge on any atom is 0.251 e. The van der Waals surface area contributed by atoms with E-state index in [0.29, 0.717) is 40.9 Å². The van der Waals surface area contributed by atoms with Crippen LogP contribution in [0, 0.1) is 11.3 Å². The maximum absolute atomic E-state index is 13.0. The van der Waals surface area contributed by atoms with E-state index in [4.69, 9.17) is 21.1 Å². The lowest BCUT2D eigenvalue weighted by Crippen LogP contribution is -2.62. The molecule has 0 radical (unpaired) electrons. The number of hydrogen-bond donors (Lipinski definition) is 2. The average molecular weight is 482 g/mol. The fraction of sp³-hybridized carbons (Fsp3) is 0.481. The monoisotopic (exact) mass is 481 g/mol. The van der Waals surface area contributed by atoms with Crippen molar-refractivity contribution >= 4 is 17.5 Å². The van der Waals surface area contributed by atoms with Crippen molar-refractivity contribution in [2.45, 2.75) is 70.0 Å². The molecule has 2 aromatic carbocycles. The second kappa shape index (κ2) is 9.58. The first-order valence-corrected chi connectivity index (χ1v) is 12.1. The molecule has 2 heterocycles. The van der Waals surface area contributed by atoms with E-state index in [0.717, 1.165) is 24.8 Å². The minimum Gasteiger partial charge on any atom is -0.454 e. The Morgan fingerprint density at radius 1 is 1.18 bits per heavy atom. The number of piperidine rings is 1. The highest BCUT2D eigenvalue weighted by Gasteiger charge is 2.38. The molecular formula is C27H32ClN3O3. The first-order valence-electron chi connectivity index (χ1n) is 11.8. The van der Waals surface area contributed by atoms with Gasteiger partial charge in [0.25, 0.3) is 5.91 Å². The van der Waals surface area contributed by atoms with E-state index in [2.05, 4.69) is 44.4 Å². The number of nitrogens with zero attached hydrogens (tertiary/aromatic N) is 1. The molecule has 2 N–H and O–H groups in total. The highest BCUT2D eigenvalue weighted by Crippen LogP contribution is 2.37. The van der Waals surface area contributed by atoms with Crippen molar-refractivity contribution in [3.05, 3.63) is 58.1 Å². The van der Waals surface area contributed by atoms with Gasteiger partial charge in [-0.25, -0.2) is 0 Å². The summed E-state index contributed by atoms with van der Waals surface area (Å²) in [5, 5.41) is 16.9. The minimum atomic E-state index is -0.159. The lowest BCUT2D eigenvalue weighted by atomic mass is 9.79. The molecule has 2 aliphatic rings. The van der Waals surface area contributed by atoms with Gasteiger partial charge in [0.15, 0.2) is 0 Å². The Kier molecular flexibility index (Phi) is 6.91. The standard InChI is InChI=1S/C27H32ClN3O3/c1-26(2)13-19(14-27(3,4)31-26)30-25(32)17-8-9-24(22(28)12-17)34-23-7-5-6-20(21(23)15-29)18-10-11-33-16-18/h5-9,12,18-19,31H,10-11,13-14,16H2,1-4H3,(H,30,32). The number of nitriles is 1. The molecule has 6 nitrogen and oxygen atoms in total. The first kappa shape index (κ1) is 24.5. The third-order valence-electron chi connectivity index (χ3n) is 6.48. The molecule has 7 heteroatoms. The highest BCUT2D eigenvalue weighted by atomic mass is 35.5. The predicted molar refractivity (Wildman–Crippen MR) is 133 cm³/mol. The quantitative estimate of drug-likeness (QED) is 0.585. The van der Waals surface area contributed by atoms with E-state index in [-0.39, 0.29) is 28.9 Å². The van der Waals surface area contributed by atoms with Gasteiger partial charge in [0, 0.05) is 35.2 Å². The molecule has 1 atom stereocenters. The Hall–Kier alpha value is -2.59. The molecule has 2 fully saturated rings. The van der Waals surface area contributed by atoms with E-state index >= 15 is 0 Å². The third-order valence-corrected chi connectivity index (χ3v) is 6.77. The van der Waals surface area contributed by atoms with Gasteiger partial charge in [-0.2, -0.15) is 5.26 Å². The number of carbonyl (C=O) groups is 1. The van der Waals surface area contributed by atoms with Gasteiger partial charge in [-0.1, -0.05) is 23.7 Å². The summed E-state index contributed by atoms with van der Waals surface area (Å²) in [7, 11) is 0. The Labute approximate surface area is 206 Å². The van der Waals surface area contributed by atoms with Crippen LogP contribution in [0.1, 0.15) is 74.4 Å².